The highest BCUT2D eigenvalue weighted by molar-refractivity contribution is 5.84. The molecule has 0 aliphatic rings. The number of hydrogen-bond acceptors (Lipinski definition) is 3. The van der Waals surface area contributed by atoms with Crippen LogP contribution >= 0.6 is 0 Å². The third-order valence-corrected chi connectivity index (χ3v) is 3.41. The molecule has 2 aromatic rings. The molecule has 0 aliphatic heterocycles. The van der Waals surface area contributed by atoms with Crippen LogP contribution in [-0.2, 0) is 10.2 Å². The highest BCUT2D eigenvalue weighted by Gasteiger charge is 2.12. The molecule has 120 valence electrons. The summed E-state index contributed by atoms with van der Waals surface area (Å²) >= 11 is 0. The first-order valence-corrected chi connectivity index (χ1v) is 7.66. The average Bonchev–Trinajstić information content (AvgIpc) is 2.53. The van der Waals surface area contributed by atoms with Crippen LogP contribution in [-0.4, -0.2) is 18.7 Å². The van der Waals surface area contributed by atoms with Crippen molar-refractivity contribution in [1.82, 2.24) is 5.43 Å². The van der Waals surface area contributed by atoms with Gasteiger partial charge in [-0.3, -0.25) is 4.79 Å². The highest BCUT2D eigenvalue weighted by Crippen LogP contribution is 2.21. The Morgan fingerprint density at radius 1 is 1.04 bits per heavy atom. The lowest BCUT2D eigenvalue weighted by atomic mass is 9.87. The molecule has 0 heterocycles. The zero-order chi connectivity index (χ0) is 16.7. The van der Waals surface area contributed by atoms with E-state index in [0.717, 1.165) is 11.3 Å². The van der Waals surface area contributed by atoms with Crippen molar-refractivity contribution in [3.05, 3.63) is 65.7 Å². The molecule has 1 amide bonds. The second-order valence-corrected chi connectivity index (χ2v) is 6.38. The molecule has 0 saturated heterocycles. The standard InChI is InChI=1S/C19H23N3O/c1-19(2,3)16-11-9-15(10-12-16)13-21-22-18(23)14-20-17-7-5-4-6-8-17/h4-13,20H,14H2,1-3H3,(H,22,23)/b21-13-. The molecule has 0 bridgehead atoms. The molecule has 2 aromatic carbocycles. The van der Waals surface area contributed by atoms with Gasteiger partial charge < -0.3 is 5.32 Å². The number of carbonyl (C=O) groups excluding carboxylic acids is 1. The molecule has 0 unspecified atom stereocenters. The lowest BCUT2D eigenvalue weighted by molar-refractivity contribution is -0.119. The topological polar surface area (TPSA) is 53.5 Å². The maximum Gasteiger partial charge on any atom is 0.259 e. The Morgan fingerprint density at radius 3 is 2.30 bits per heavy atom. The fourth-order valence-electron chi connectivity index (χ4n) is 2.03. The molecule has 4 heteroatoms. The zero-order valence-corrected chi connectivity index (χ0v) is 13.8. The van der Waals surface area contributed by atoms with Gasteiger partial charge in [-0.05, 0) is 28.7 Å². The van der Waals surface area contributed by atoms with Crippen molar-refractivity contribution in [1.29, 1.82) is 0 Å². The third kappa shape index (κ3) is 5.58. The molecule has 0 spiro atoms. The summed E-state index contributed by atoms with van der Waals surface area (Å²) in [6.45, 7) is 6.71. The fraction of sp³-hybridized carbons (Fsp3) is 0.263. The van der Waals surface area contributed by atoms with Gasteiger partial charge in [-0.2, -0.15) is 5.10 Å². The summed E-state index contributed by atoms with van der Waals surface area (Å²) in [4.78, 5) is 11.7. The molecule has 0 saturated carbocycles. The zero-order valence-electron chi connectivity index (χ0n) is 13.8. The normalized spacial score (nSPS) is 11.4. The van der Waals surface area contributed by atoms with Gasteiger partial charge in [0.15, 0.2) is 0 Å². The van der Waals surface area contributed by atoms with E-state index in [-0.39, 0.29) is 17.9 Å². The van der Waals surface area contributed by atoms with Crippen LogP contribution in [0.2, 0.25) is 0 Å². The fourth-order valence-corrected chi connectivity index (χ4v) is 2.03. The van der Waals surface area contributed by atoms with Crippen LogP contribution in [0.5, 0.6) is 0 Å². The summed E-state index contributed by atoms with van der Waals surface area (Å²) in [5.74, 6) is -0.184. The molecule has 2 rings (SSSR count). The first-order valence-electron chi connectivity index (χ1n) is 7.66. The molecule has 0 radical (unpaired) electrons. The van der Waals surface area contributed by atoms with Gasteiger partial charge in [0.05, 0.1) is 12.8 Å². The SMILES string of the molecule is CC(C)(C)c1ccc(/C=N\NC(=O)CNc2ccccc2)cc1. The largest absolute Gasteiger partial charge is 0.376 e. The minimum Gasteiger partial charge on any atom is -0.376 e. The molecular weight excluding hydrogens is 286 g/mol. The Morgan fingerprint density at radius 2 is 1.70 bits per heavy atom. The quantitative estimate of drug-likeness (QED) is 0.655. The number of nitrogens with zero attached hydrogens (tertiary/aromatic N) is 1. The van der Waals surface area contributed by atoms with E-state index in [1.165, 1.54) is 5.56 Å². The molecule has 4 nitrogen and oxygen atoms in total. The van der Waals surface area contributed by atoms with Gasteiger partial charge >= 0.3 is 0 Å². The first-order chi connectivity index (χ1) is 10.9. The van der Waals surface area contributed by atoms with Gasteiger partial charge in [0.2, 0.25) is 0 Å². The van der Waals surface area contributed by atoms with Gasteiger partial charge in [0.1, 0.15) is 0 Å². The summed E-state index contributed by atoms with van der Waals surface area (Å²) in [7, 11) is 0. The Kier molecular flexibility index (Phi) is 5.52. The number of rotatable bonds is 5. The second kappa shape index (κ2) is 7.58. The summed E-state index contributed by atoms with van der Waals surface area (Å²) in [6, 6.07) is 17.7. The number of anilines is 1. The summed E-state index contributed by atoms with van der Waals surface area (Å²) in [6.07, 6.45) is 1.65. The van der Waals surface area contributed by atoms with E-state index < -0.39 is 0 Å². The van der Waals surface area contributed by atoms with Crippen molar-refractivity contribution in [3.63, 3.8) is 0 Å². The minimum atomic E-state index is -0.184. The van der Waals surface area contributed by atoms with E-state index in [4.69, 9.17) is 0 Å². The number of benzene rings is 2. The van der Waals surface area contributed by atoms with Gasteiger partial charge in [-0.1, -0.05) is 63.2 Å². The number of carbonyl (C=O) groups is 1. The Hall–Kier alpha value is -2.62. The lowest BCUT2D eigenvalue weighted by Gasteiger charge is -2.18. The van der Waals surface area contributed by atoms with Crippen molar-refractivity contribution in [3.8, 4) is 0 Å². The second-order valence-electron chi connectivity index (χ2n) is 6.38. The average molecular weight is 309 g/mol. The number of nitrogens with one attached hydrogen (secondary N) is 2. The number of amides is 1. The predicted octanol–water partition coefficient (Wildman–Crippen LogP) is 3.55. The summed E-state index contributed by atoms with van der Waals surface area (Å²) in [5, 5.41) is 7.01. The lowest BCUT2D eigenvalue weighted by Crippen LogP contribution is -2.25. The van der Waals surface area contributed by atoms with Gasteiger partial charge in [0.25, 0.3) is 5.91 Å². The van der Waals surface area contributed by atoms with E-state index in [1.807, 2.05) is 42.5 Å². The van der Waals surface area contributed by atoms with E-state index >= 15 is 0 Å². The van der Waals surface area contributed by atoms with E-state index in [1.54, 1.807) is 6.21 Å². The number of hydrogen-bond donors (Lipinski definition) is 2. The minimum absolute atomic E-state index is 0.132. The van der Waals surface area contributed by atoms with Crippen molar-refractivity contribution >= 4 is 17.8 Å². The van der Waals surface area contributed by atoms with E-state index in [2.05, 4.69) is 48.7 Å². The highest BCUT2D eigenvalue weighted by atomic mass is 16.2. The molecule has 2 N–H and O–H groups in total. The van der Waals surface area contributed by atoms with Crippen molar-refractivity contribution in [2.24, 2.45) is 5.10 Å². The molecule has 0 aromatic heterocycles. The maximum atomic E-state index is 11.7. The van der Waals surface area contributed by atoms with E-state index in [9.17, 15) is 4.79 Å². The summed E-state index contributed by atoms with van der Waals surface area (Å²) in [5.41, 5.74) is 5.78. The van der Waals surface area contributed by atoms with Crippen molar-refractivity contribution in [2.45, 2.75) is 26.2 Å². The molecular formula is C19H23N3O. The number of hydrazone groups is 1. The number of para-hydroxylation sites is 1. The van der Waals surface area contributed by atoms with Crippen LogP contribution in [0, 0.1) is 0 Å². The van der Waals surface area contributed by atoms with Crippen LogP contribution in [0.4, 0.5) is 5.69 Å². The first kappa shape index (κ1) is 16.7. The van der Waals surface area contributed by atoms with Crippen molar-refractivity contribution < 1.29 is 4.79 Å². The third-order valence-electron chi connectivity index (χ3n) is 3.41. The summed E-state index contributed by atoms with van der Waals surface area (Å²) < 4.78 is 0. The van der Waals surface area contributed by atoms with Gasteiger partial charge in [-0.15, -0.1) is 0 Å². The monoisotopic (exact) mass is 309 g/mol. The van der Waals surface area contributed by atoms with Crippen LogP contribution in [0.15, 0.2) is 59.7 Å². The molecule has 0 atom stereocenters. The van der Waals surface area contributed by atoms with Crippen LogP contribution in [0.25, 0.3) is 0 Å². The van der Waals surface area contributed by atoms with Crippen LogP contribution < -0.4 is 10.7 Å². The van der Waals surface area contributed by atoms with Crippen LogP contribution in [0.3, 0.4) is 0 Å². The Balaban J connectivity index is 1.80. The molecule has 0 aliphatic carbocycles. The van der Waals surface area contributed by atoms with E-state index in [0.29, 0.717) is 0 Å². The van der Waals surface area contributed by atoms with Gasteiger partial charge in [0, 0.05) is 5.69 Å². The molecule has 23 heavy (non-hydrogen) atoms. The smallest absolute Gasteiger partial charge is 0.259 e. The Labute approximate surface area is 137 Å². The predicted molar refractivity (Wildman–Crippen MR) is 95.8 cm³/mol. The van der Waals surface area contributed by atoms with Crippen LogP contribution in [0.1, 0.15) is 31.9 Å². The maximum absolute atomic E-state index is 11.7. The van der Waals surface area contributed by atoms with Gasteiger partial charge in [-0.25, -0.2) is 5.43 Å². The van der Waals surface area contributed by atoms with Crippen molar-refractivity contribution in [2.75, 3.05) is 11.9 Å². The molecule has 0 fully saturated rings. The Bertz CT molecular complexity index is 655.